The Morgan fingerprint density at radius 1 is 1.06 bits per heavy atom. The number of nitrogens with zero attached hydrogens (tertiary/aromatic N) is 4. The minimum Gasteiger partial charge on any atom is -0.462 e. The van der Waals surface area contributed by atoms with Crippen LogP contribution in [0.4, 0.5) is 5.82 Å². The number of hydrogen-bond donors (Lipinski definition) is 1. The molecule has 0 aliphatic carbocycles. The fourth-order valence-corrected chi connectivity index (χ4v) is 3.05. The van der Waals surface area contributed by atoms with Gasteiger partial charge in [-0.25, -0.2) is 19.9 Å². The zero-order chi connectivity index (χ0) is 22.3. The summed E-state index contributed by atoms with van der Waals surface area (Å²) in [6.45, 7) is 13.0. The average molecular weight is 416 g/mol. The van der Waals surface area contributed by atoms with E-state index in [0.29, 0.717) is 17.0 Å². The Kier molecular flexibility index (Phi) is 7.13. The van der Waals surface area contributed by atoms with Crippen molar-refractivity contribution in [1.82, 2.24) is 19.9 Å². The summed E-state index contributed by atoms with van der Waals surface area (Å²) >= 11 is 0. The predicted molar refractivity (Wildman–Crippen MR) is 126 cm³/mol. The third-order valence-corrected chi connectivity index (χ3v) is 4.70. The minimum atomic E-state index is 0.0241. The van der Waals surface area contributed by atoms with Crippen LogP contribution in [0.25, 0.3) is 11.2 Å². The van der Waals surface area contributed by atoms with E-state index in [1.54, 1.807) is 12.4 Å². The second-order valence-electron chi connectivity index (χ2n) is 8.24. The van der Waals surface area contributed by atoms with Crippen molar-refractivity contribution >= 4 is 17.0 Å². The quantitative estimate of drug-likeness (QED) is 0.386. The van der Waals surface area contributed by atoms with Gasteiger partial charge in [0.1, 0.15) is 23.4 Å². The van der Waals surface area contributed by atoms with Crippen molar-refractivity contribution in [2.75, 3.05) is 11.9 Å². The number of anilines is 1. The highest BCUT2D eigenvalue weighted by atomic mass is 16.5. The summed E-state index contributed by atoms with van der Waals surface area (Å²) < 4.78 is 6.00. The van der Waals surface area contributed by atoms with E-state index >= 15 is 0 Å². The zero-order valence-corrected chi connectivity index (χ0v) is 18.6. The van der Waals surface area contributed by atoms with Crippen molar-refractivity contribution in [3.8, 4) is 5.75 Å². The average Bonchev–Trinajstić information content (AvgIpc) is 2.74. The Hall–Kier alpha value is -3.54. The number of ether oxygens (including phenoxy) is 1. The maximum Gasteiger partial charge on any atom is 0.183 e. The van der Waals surface area contributed by atoms with E-state index in [4.69, 9.17) is 4.74 Å². The van der Waals surface area contributed by atoms with E-state index in [-0.39, 0.29) is 5.41 Å². The van der Waals surface area contributed by atoms with Gasteiger partial charge in [-0.15, -0.1) is 0 Å². The van der Waals surface area contributed by atoms with Crippen molar-refractivity contribution < 1.29 is 4.74 Å². The third kappa shape index (κ3) is 6.22. The highest BCUT2D eigenvalue weighted by Crippen LogP contribution is 2.28. The molecule has 6 nitrogen and oxygen atoms in total. The number of nitrogens with one attached hydrogen (secondary N) is 1. The molecule has 3 aromatic rings. The Morgan fingerprint density at radius 3 is 2.52 bits per heavy atom. The van der Waals surface area contributed by atoms with E-state index in [9.17, 15) is 0 Å². The lowest BCUT2D eigenvalue weighted by molar-refractivity contribution is 0.422. The predicted octanol–water partition coefficient (Wildman–Crippen LogP) is 5.52. The zero-order valence-electron chi connectivity index (χ0n) is 18.6. The second kappa shape index (κ2) is 9.98. The van der Waals surface area contributed by atoms with Gasteiger partial charge in [-0.1, -0.05) is 51.6 Å². The Morgan fingerprint density at radius 2 is 1.81 bits per heavy atom. The van der Waals surface area contributed by atoms with Gasteiger partial charge in [0.15, 0.2) is 11.5 Å². The van der Waals surface area contributed by atoms with Gasteiger partial charge in [0.25, 0.3) is 0 Å². The summed E-state index contributed by atoms with van der Waals surface area (Å²) in [5, 5.41) is 3.32. The van der Waals surface area contributed by atoms with Gasteiger partial charge in [0, 0.05) is 18.9 Å². The van der Waals surface area contributed by atoms with Gasteiger partial charge < -0.3 is 10.1 Å². The molecular formula is C25H29N5O. The van der Waals surface area contributed by atoms with Crippen molar-refractivity contribution in [1.29, 1.82) is 0 Å². The fraction of sp³-hybridized carbons (Fsp3) is 0.280. The number of rotatable bonds is 8. The highest BCUT2D eigenvalue weighted by Gasteiger charge is 2.15. The molecule has 0 bridgehead atoms. The SMILES string of the molecule is C=C/C=C(\C=C(/C)Oc1ccc(CCNc2ncnc3nccnc23)cc1)C(C)(C)C. The van der Waals surface area contributed by atoms with E-state index in [0.717, 1.165) is 24.5 Å². The molecule has 0 saturated heterocycles. The Balaban J connectivity index is 1.58. The smallest absolute Gasteiger partial charge is 0.183 e. The highest BCUT2D eigenvalue weighted by molar-refractivity contribution is 5.81. The first-order valence-electron chi connectivity index (χ1n) is 10.3. The van der Waals surface area contributed by atoms with Gasteiger partial charge in [-0.2, -0.15) is 0 Å². The molecular weight excluding hydrogens is 386 g/mol. The summed E-state index contributed by atoms with van der Waals surface area (Å²) in [4.78, 5) is 16.9. The second-order valence-corrected chi connectivity index (χ2v) is 8.24. The maximum absolute atomic E-state index is 6.00. The molecule has 31 heavy (non-hydrogen) atoms. The molecule has 2 heterocycles. The topological polar surface area (TPSA) is 72.8 Å². The lowest BCUT2D eigenvalue weighted by Gasteiger charge is -2.21. The van der Waals surface area contributed by atoms with Crippen molar-refractivity contribution in [2.24, 2.45) is 5.41 Å². The molecule has 1 aromatic carbocycles. The van der Waals surface area contributed by atoms with E-state index < -0.39 is 0 Å². The van der Waals surface area contributed by atoms with Crippen LogP contribution in [0.3, 0.4) is 0 Å². The lowest BCUT2D eigenvalue weighted by atomic mass is 9.86. The van der Waals surface area contributed by atoms with Gasteiger partial charge in [-0.3, -0.25) is 0 Å². The molecule has 1 N–H and O–H groups in total. The molecule has 0 aliphatic heterocycles. The standard InChI is InChI=1S/C25H29N5O/c1-6-7-20(25(3,4)5)16-18(2)31-21-10-8-19(9-11-21)12-13-27-23-22-24(30-17-29-23)28-15-14-26-22/h6-11,14-17H,1,12-13H2,2-5H3,(H,27,28,29,30)/b18-16+,20-7+. The summed E-state index contributed by atoms with van der Waals surface area (Å²) in [5.41, 5.74) is 3.66. The molecule has 160 valence electrons. The molecule has 0 atom stereocenters. The van der Waals surface area contributed by atoms with E-state index in [1.165, 1.54) is 17.5 Å². The lowest BCUT2D eigenvalue weighted by Crippen LogP contribution is -2.08. The Labute approximate surface area is 183 Å². The van der Waals surface area contributed by atoms with Crippen LogP contribution in [0.15, 0.2) is 79.1 Å². The van der Waals surface area contributed by atoms with Gasteiger partial charge in [0.2, 0.25) is 0 Å². The molecule has 2 aromatic heterocycles. The largest absolute Gasteiger partial charge is 0.462 e. The van der Waals surface area contributed by atoms with E-state index in [2.05, 4.69) is 70.8 Å². The number of fused-ring (bicyclic) bond motifs is 1. The molecule has 3 rings (SSSR count). The van der Waals surface area contributed by atoms with Crippen LogP contribution in [0.2, 0.25) is 0 Å². The maximum atomic E-state index is 6.00. The van der Waals surface area contributed by atoms with E-state index in [1.807, 2.05) is 31.2 Å². The monoisotopic (exact) mass is 415 g/mol. The van der Waals surface area contributed by atoms with Crippen LogP contribution in [0.5, 0.6) is 5.75 Å². The fourth-order valence-electron chi connectivity index (χ4n) is 3.05. The minimum absolute atomic E-state index is 0.0241. The first-order chi connectivity index (χ1) is 14.9. The molecule has 0 spiro atoms. The summed E-state index contributed by atoms with van der Waals surface area (Å²) in [6.07, 6.45) is 11.5. The van der Waals surface area contributed by atoms with Crippen molar-refractivity contribution in [3.63, 3.8) is 0 Å². The number of allylic oxidation sites excluding steroid dienone is 5. The molecule has 0 amide bonds. The first-order valence-corrected chi connectivity index (χ1v) is 10.3. The molecule has 0 fully saturated rings. The van der Waals surface area contributed by atoms with Crippen LogP contribution < -0.4 is 10.1 Å². The van der Waals surface area contributed by atoms with Crippen molar-refractivity contribution in [2.45, 2.75) is 34.1 Å². The third-order valence-electron chi connectivity index (χ3n) is 4.70. The molecule has 0 unspecified atom stereocenters. The normalized spacial score (nSPS) is 12.6. The molecule has 6 heteroatoms. The Bertz CT molecular complexity index is 1090. The van der Waals surface area contributed by atoms with Gasteiger partial charge in [0.05, 0.1) is 0 Å². The van der Waals surface area contributed by atoms with Crippen LogP contribution in [-0.4, -0.2) is 26.5 Å². The van der Waals surface area contributed by atoms with Gasteiger partial charge in [-0.05, 0) is 48.1 Å². The first kappa shape index (κ1) is 22.2. The van der Waals surface area contributed by atoms with Crippen LogP contribution in [-0.2, 0) is 6.42 Å². The van der Waals surface area contributed by atoms with Crippen molar-refractivity contribution in [3.05, 3.63) is 84.7 Å². The molecule has 0 aliphatic rings. The number of hydrogen-bond acceptors (Lipinski definition) is 6. The molecule has 0 radical (unpaired) electrons. The number of aromatic nitrogens is 4. The summed E-state index contributed by atoms with van der Waals surface area (Å²) in [6, 6.07) is 8.14. The summed E-state index contributed by atoms with van der Waals surface area (Å²) in [5.74, 6) is 2.35. The van der Waals surface area contributed by atoms with Crippen LogP contribution in [0, 0.1) is 5.41 Å². The van der Waals surface area contributed by atoms with Crippen LogP contribution in [0.1, 0.15) is 33.3 Å². The number of benzene rings is 1. The summed E-state index contributed by atoms with van der Waals surface area (Å²) in [7, 11) is 0. The van der Waals surface area contributed by atoms with Crippen LogP contribution >= 0.6 is 0 Å². The molecule has 0 saturated carbocycles. The van der Waals surface area contributed by atoms with Gasteiger partial charge >= 0.3 is 0 Å².